The van der Waals surface area contributed by atoms with Crippen molar-refractivity contribution in [2.45, 2.75) is 52.0 Å². The van der Waals surface area contributed by atoms with Crippen molar-refractivity contribution in [3.63, 3.8) is 0 Å². The lowest BCUT2D eigenvalue weighted by Gasteiger charge is -2.36. The number of rotatable bonds is 8. The number of carbonyl (C=O) groups is 2. The van der Waals surface area contributed by atoms with Crippen LogP contribution in [-0.4, -0.2) is 41.4 Å². The van der Waals surface area contributed by atoms with Gasteiger partial charge in [-0.05, 0) is 42.3 Å². The van der Waals surface area contributed by atoms with Crippen LogP contribution in [0, 0.1) is 0 Å². The fraction of sp³-hybridized carbons (Fsp3) is 0.379. The molecule has 1 aliphatic heterocycles. The number of urea groups is 1. The van der Waals surface area contributed by atoms with Crippen LogP contribution in [0.25, 0.3) is 10.8 Å². The van der Waals surface area contributed by atoms with Gasteiger partial charge in [0.2, 0.25) is 5.91 Å². The van der Waals surface area contributed by atoms with Crippen LogP contribution in [-0.2, 0) is 11.2 Å². The van der Waals surface area contributed by atoms with E-state index in [1.54, 1.807) is 4.90 Å². The van der Waals surface area contributed by atoms with E-state index in [4.69, 9.17) is 0 Å². The molecule has 1 N–H and O–H groups in total. The van der Waals surface area contributed by atoms with Crippen LogP contribution in [0.2, 0.25) is 0 Å². The fourth-order valence-electron chi connectivity index (χ4n) is 4.88. The minimum Gasteiger partial charge on any atom is -0.334 e. The van der Waals surface area contributed by atoms with Crippen LogP contribution in [0.1, 0.15) is 56.7 Å². The van der Waals surface area contributed by atoms with Crippen LogP contribution in [0.4, 0.5) is 10.5 Å². The minimum absolute atomic E-state index is 0.00515. The van der Waals surface area contributed by atoms with E-state index in [0.717, 1.165) is 48.6 Å². The van der Waals surface area contributed by atoms with Crippen molar-refractivity contribution < 1.29 is 9.59 Å². The molecule has 178 valence electrons. The zero-order valence-corrected chi connectivity index (χ0v) is 20.3. The Labute approximate surface area is 202 Å². The highest BCUT2D eigenvalue weighted by Gasteiger charge is 2.29. The van der Waals surface area contributed by atoms with E-state index in [2.05, 4.69) is 37.4 Å². The molecule has 0 saturated carbocycles. The number of carbonyl (C=O) groups excluding carboxylic acids is 2. The Bertz CT molecular complexity index is 1140. The van der Waals surface area contributed by atoms with Crippen LogP contribution in [0.3, 0.4) is 0 Å². The van der Waals surface area contributed by atoms with E-state index in [1.807, 2.05) is 53.4 Å². The molecule has 0 fully saturated rings. The van der Waals surface area contributed by atoms with Gasteiger partial charge in [-0.3, -0.25) is 4.79 Å². The molecule has 3 aromatic rings. The Morgan fingerprint density at radius 1 is 0.971 bits per heavy atom. The maximum atomic E-state index is 13.4. The van der Waals surface area contributed by atoms with Crippen molar-refractivity contribution in [3.05, 3.63) is 77.9 Å². The van der Waals surface area contributed by atoms with Gasteiger partial charge in [-0.25, -0.2) is 4.79 Å². The summed E-state index contributed by atoms with van der Waals surface area (Å²) in [5.74, 6) is 0.00515. The highest BCUT2D eigenvalue weighted by Crippen LogP contribution is 2.29. The zero-order valence-electron chi connectivity index (χ0n) is 20.3. The van der Waals surface area contributed by atoms with E-state index in [0.29, 0.717) is 13.1 Å². The predicted molar refractivity (Wildman–Crippen MR) is 139 cm³/mol. The van der Waals surface area contributed by atoms with Crippen molar-refractivity contribution in [3.8, 4) is 0 Å². The summed E-state index contributed by atoms with van der Waals surface area (Å²) in [5, 5.41) is 5.15. The van der Waals surface area contributed by atoms with Gasteiger partial charge in [-0.2, -0.15) is 0 Å². The molecule has 1 aliphatic rings. The summed E-state index contributed by atoms with van der Waals surface area (Å²) >= 11 is 0. The van der Waals surface area contributed by atoms with Crippen molar-refractivity contribution in [2.24, 2.45) is 0 Å². The first-order valence-electron chi connectivity index (χ1n) is 12.5. The standard InChI is InChI=1S/C29H35N3O2/c1-3-4-5-10-19-31(29(34)30-27-17-11-14-23-12-7-9-16-26(23)27)21-28(33)32-20-18-24-13-6-8-15-25(24)22(32)2/h6-9,11-17,22H,3-5,10,18-21H2,1-2H3,(H,30,34). The van der Waals surface area contributed by atoms with E-state index in [1.165, 1.54) is 11.1 Å². The molecular weight excluding hydrogens is 422 g/mol. The molecule has 1 unspecified atom stereocenters. The van der Waals surface area contributed by atoms with Crippen molar-refractivity contribution >= 4 is 28.4 Å². The van der Waals surface area contributed by atoms with Gasteiger partial charge in [0.05, 0.1) is 11.7 Å². The van der Waals surface area contributed by atoms with E-state index in [-0.39, 0.29) is 24.5 Å². The summed E-state index contributed by atoms with van der Waals surface area (Å²) in [4.78, 5) is 30.4. The van der Waals surface area contributed by atoms with Crippen molar-refractivity contribution in [2.75, 3.05) is 25.0 Å². The number of benzene rings is 3. The van der Waals surface area contributed by atoms with Crippen molar-refractivity contribution in [1.29, 1.82) is 0 Å². The summed E-state index contributed by atoms with van der Waals surface area (Å²) in [6, 6.07) is 22.0. The second kappa shape index (κ2) is 11.2. The van der Waals surface area contributed by atoms with Gasteiger partial charge < -0.3 is 15.1 Å². The first-order valence-corrected chi connectivity index (χ1v) is 12.5. The minimum atomic E-state index is -0.216. The number of hydrogen-bond acceptors (Lipinski definition) is 2. The molecule has 0 saturated heterocycles. The zero-order chi connectivity index (χ0) is 23.9. The molecule has 0 aliphatic carbocycles. The Hall–Kier alpha value is -3.34. The quantitative estimate of drug-likeness (QED) is 0.398. The molecule has 0 radical (unpaired) electrons. The normalized spacial score (nSPS) is 15.1. The Kier molecular flexibility index (Phi) is 7.84. The lowest BCUT2D eigenvalue weighted by molar-refractivity contribution is -0.134. The Morgan fingerprint density at radius 2 is 1.74 bits per heavy atom. The first kappa shape index (κ1) is 23.8. The summed E-state index contributed by atoms with van der Waals surface area (Å²) in [7, 11) is 0. The van der Waals surface area contributed by atoms with Gasteiger partial charge in [-0.15, -0.1) is 0 Å². The monoisotopic (exact) mass is 457 g/mol. The average molecular weight is 458 g/mol. The second-order valence-electron chi connectivity index (χ2n) is 9.15. The highest BCUT2D eigenvalue weighted by atomic mass is 16.2. The molecule has 5 nitrogen and oxygen atoms in total. The van der Waals surface area contributed by atoms with Gasteiger partial charge in [0, 0.05) is 18.5 Å². The molecular formula is C29H35N3O2. The van der Waals surface area contributed by atoms with E-state index < -0.39 is 0 Å². The van der Waals surface area contributed by atoms with Gasteiger partial charge in [0.1, 0.15) is 6.54 Å². The number of fused-ring (bicyclic) bond motifs is 2. The van der Waals surface area contributed by atoms with Crippen LogP contribution in [0.5, 0.6) is 0 Å². The van der Waals surface area contributed by atoms with Gasteiger partial charge in [0.15, 0.2) is 0 Å². The number of nitrogens with one attached hydrogen (secondary N) is 1. The van der Waals surface area contributed by atoms with E-state index >= 15 is 0 Å². The average Bonchev–Trinajstić information content (AvgIpc) is 2.86. The van der Waals surface area contributed by atoms with Gasteiger partial charge in [-0.1, -0.05) is 86.8 Å². The van der Waals surface area contributed by atoms with Gasteiger partial charge in [0.25, 0.3) is 0 Å². The largest absolute Gasteiger partial charge is 0.334 e. The molecule has 4 rings (SSSR count). The smallest absolute Gasteiger partial charge is 0.322 e. The topological polar surface area (TPSA) is 52.7 Å². The molecule has 1 atom stereocenters. The van der Waals surface area contributed by atoms with E-state index in [9.17, 15) is 9.59 Å². The van der Waals surface area contributed by atoms with Crippen molar-refractivity contribution in [1.82, 2.24) is 9.80 Å². The predicted octanol–water partition coefficient (Wildman–Crippen LogP) is 6.40. The maximum Gasteiger partial charge on any atom is 0.322 e. The summed E-state index contributed by atoms with van der Waals surface area (Å²) in [5.41, 5.74) is 3.29. The maximum absolute atomic E-state index is 13.4. The fourth-order valence-corrected chi connectivity index (χ4v) is 4.88. The SMILES string of the molecule is CCCCCCN(CC(=O)N1CCc2ccccc2C1C)C(=O)Nc1cccc2ccccc12. The Morgan fingerprint density at radius 3 is 2.59 bits per heavy atom. The lowest BCUT2D eigenvalue weighted by Crippen LogP contribution is -2.47. The number of amides is 3. The molecule has 3 aromatic carbocycles. The molecule has 0 bridgehead atoms. The molecule has 1 heterocycles. The second-order valence-corrected chi connectivity index (χ2v) is 9.15. The highest BCUT2D eigenvalue weighted by molar-refractivity contribution is 6.02. The molecule has 3 amide bonds. The number of unbranched alkanes of at least 4 members (excludes halogenated alkanes) is 3. The Balaban J connectivity index is 1.49. The third-order valence-electron chi connectivity index (χ3n) is 6.84. The summed E-state index contributed by atoms with van der Waals surface area (Å²) < 4.78 is 0. The number of hydrogen-bond donors (Lipinski definition) is 1. The molecule has 34 heavy (non-hydrogen) atoms. The number of nitrogens with zero attached hydrogens (tertiary/aromatic N) is 2. The van der Waals surface area contributed by atoms with Crippen LogP contribution < -0.4 is 5.32 Å². The first-order chi connectivity index (χ1) is 16.6. The third-order valence-corrected chi connectivity index (χ3v) is 6.84. The molecule has 0 spiro atoms. The van der Waals surface area contributed by atoms with Crippen LogP contribution >= 0.6 is 0 Å². The van der Waals surface area contributed by atoms with Crippen LogP contribution in [0.15, 0.2) is 66.7 Å². The number of anilines is 1. The lowest BCUT2D eigenvalue weighted by atomic mass is 9.93. The molecule has 5 heteroatoms. The molecule has 0 aromatic heterocycles. The van der Waals surface area contributed by atoms with Gasteiger partial charge >= 0.3 is 6.03 Å². The third kappa shape index (κ3) is 5.41. The summed E-state index contributed by atoms with van der Waals surface area (Å²) in [6.45, 7) is 5.60. The summed E-state index contributed by atoms with van der Waals surface area (Å²) in [6.07, 6.45) is 5.06.